The first-order chi connectivity index (χ1) is 18.4. The van der Waals surface area contributed by atoms with Gasteiger partial charge in [0.2, 0.25) is 5.78 Å². The van der Waals surface area contributed by atoms with Crippen molar-refractivity contribution in [3.05, 3.63) is 51.6 Å². The van der Waals surface area contributed by atoms with E-state index in [0.717, 1.165) is 0 Å². The molecule has 11 nitrogen and oxygen atoms in total. The molecule has 0 bridgehead atoms. The number of alkyl halides is 1. The van der Waals surface area contributed by atoms with Gasteiger partial charge in [-0.25, -0.2) is 0 Å². The molecule has 1 fully saturated rings. The fraction of sp³-hybridized carbons (Fsp3) is 0.444. The first-order valence-corrected chi connectivity index (χ1v) is 13.5. The lowest BCUT2D eigenvalue weighted by Gasteiger charge is -2.42. The standard InChI is InChI=1S/C27H28BrNO10.ClH/c1-10-22(31)14(29)6-17(38-10)39-16-8-27(36,11(2)30)7-13-19(16)26(35)21-20(24(13)33)23(32)12-4-3-5-15(37-9-28)18(12)25(21)34;/h3-5,10,14,16-17,22,31,33,35-36H,6-9,29H2,1-2H3;1H/t10?,14?,16-,17?,22?,27-;/m0./s1. The number of phenols is 2. The highest BCUT2D eigenvalue weighted by molar-refractivity contribution is 9.09. The van der Waals surface area contributed by atoms with Gasteiger partial charge in [-0.15, -0.1) is 12.4 Å². The molecule has 1 aliphatic heterocycles. The number of aliphatic hydroxyl groups is 2. The Balaban J connectivity index is 0.00000370. The van der Waals surface area contributed by atoms with Crippen molar-refractivity contribution in [3.63, 3.8) is 0 Å². The number of hydrogen-bond donors (Lipinski definition) is 5. The van der Waals surface area contributed by atoms with E-state index in [-0.39, 0.29) is 58.8 Å². The lowest BCUT2D eigenvalue weighted by Crippen LogP contribution is -2.52. The van der Waals surface area contributed by atoms with Crippen LogP contribution in [-0.4, -0.2) is 73.4 Å². The summed E-state index contributed by atoms with van der Waals surface area (Å²) in [5.41, 5.74) is 2.96. The van der Waals surface area contributed by atoms with E-state index in [0.29, 0.717) is 0 Å². The van der Waals surface area contributed by atoms with Gasteiger partial charge >= 0.3 is 0 Å². The highest BCUT2D eigenvalue weighted by Crippen LogP contribution is 2.52. The lowest BCUT2D eigenvalue weighted by molar-refractivity contribution is -0.247. The van der Waals surface area contributed by atoms with Crippen LogP contribution in [0.15, 0.2) is 18.2 Å². The van der Waals surface area contributed by atoms with Crippen LogP contribution in [0.2, 0.25) is 0 Å². The summed E-state index contributed by atoms with van der Waals surface area (Å²) in [7, 11) is 0. The zero-order valence-corrected chi connectivity index (χ0v) is 24.0. The van der Waals surface area contributed by atoms with Crippen LogP contribution >= 0.6 is 28.3 Å². The Morgan fingerprint density at radius 1 is 1.18 bits per heavy atom. The van der Waals surface area contributed by atoms with Crippen molar-refractivity contribution < 1.29 is 49.0 Å². The minimum Gasteiger partial charge on any atom is -0.507 e. The van der Waals surface area contributed by atoms with Gasteiger partial charge in [0.15, 0.2) is 17.9 Å². The third kappa shape index (κ3) is 4.71. The molecule has 216 valence electrons. The van der Waals surface area contributed by atoms with E-state index >= 15 is 0 Å². The number of ketones is 3. The Morgan fingerprint density at radius 3 is 2.48 bits per heavy atom. The minimum atomic E-state index is -2.01. The van der Waals surface area contributed by atoms with Crippen molar-refractivity contribution >= 4 is 45.7 Å². The third-order valence-electron chi connectivity index (χ3n) is 7.79. The van der Waals surface area contributed by atoms with Crippen LogP contribution in [0, 0.1) is 0 Å². The maximum atomic E-state index is 13.7. The van der Waals surface area contributed by atoms with Crippen molar-refractivity contribution in [2.75, 3.05) is 5.52 Å². The molecule has 6 N–H and O–H groups in total. The second-order valence-electron chi connectivity index (χ2n) is 10.2. The zero-order valence-electron chi connectivity index (χ0n) is 21.5. The van der Waals surface area contributed by atoms with Gasteiger partial charge in [0, 0.05) is 42.0 Å². The average molecular weight is 643 g/mol. The number of Topliss-reactive ketones (excluding diaryl/α,β-unsaturated/α-hetero) is 1. The molecule has 2 aromatic carbocycles. The molecule has 0 saturated carbocycles. The van der Waals surface area contributed by atoms with Gasteiger partial charge in [0.1, 0.15) is 28.4 Å². The summed E-state index contributed by atoms with van der Waals surface area (Å²) in [5.74, 6) is -3.22. The smallest absolute Gasteiger partial charge is 0.202 e. The van der Waals surface area contributed by atoms with E-state index in [2.05, 4.69) is 15.9 Å². The molecule has 13 heteroatoms. The van der Waals surface area contributed by atoms with Crippen molar-refractivity contribution in [3.8, 4) is 17.2 Å². The molecular formula is C27H29BrClNO10. The number of fused-ring (bicyclic) bond motifs is 3. The number of halogens is 2. The molecule has 0 amide bonds. The highest BCUT2D eigenvalue weighted by Gasteiger charge is 2.49. The number of carbonyl (C=O) groups excluding carboxylic acids is 3. The molecule has 6 atom stereocenters. The molecule has 0 spiro atoms. The van der Waals surface area contributed by atoms with Gasteiger partial charge in [-0.05, 0) is 35.8 Å². The molecule has 2 aliphatic carbocycles. The van der Waals surface area contributed by atoms with Crippen molar-refractivity contribution in [2.45, 2.75) is 69.4 Å². The summed E-state index contributed by atoms with van der Waals surface area (Å²) in [6, 6.07) is 3.74. The van der Waals surface area contributed by atoms with Crippen LogP contribution in [0.3, 0.4) is 0 Å². The highest BCUT2D eigenvalue weighted by atomic mass is 79.9. The quantitative estimate of drug-likeness (QED) is 0.203. The van der Waals surface area contributed by atoms with Crippen LogP contribution in [0.5, 0.6) is 17.2 Å². The summed E-state index contributed by atoms with van der Waals surface area (Å²) >= 11 is 3.13. The van der Waals surface area contributed by atoms with Crippen molar-refractivity contribution in [1.29, 1.82) is 0 Å². The summed E-state index contributed by atoms with van der Waals surface area (Å²) in [4.78, 5) is 39.8. The molecule has 5 rings (SSSR count). The van der Waals surface area contributed by atoms with Crippen LogP contribution in [0.25, 0.3) is 0 Å². The van der Waals surface area contributed by atoms with Gasteiger partial charge in [-0.3, -0.25) is 14.4 Å². The largest absolute Gasteiger partial charge is 0.507 e. The van der Waals surface area contributed by atoms with E-state index in [4.69, 9.17) is 19.9 Å². The molecular weight excluding hydrogens is 614 g/mol. The van der Waals surface area contributed by atoms with Gasteiger partial charge in [-0.1, -0.05) is 12.1 Å². The number of hydrogen-bond acceptors (Lipinski definition) is 11. The monoisotopic (exact) mass is 641 g/mol. The average Bonchev–Trinajstić information content (AvgIpc) is 2.87. The first-order valence-electron chi connectivity index (χ1n) is 12.4. The topological polar surface area (TPSA) is 186 Å². The predicted molar refractivity (Wildman–Crippen MR) is 145 cm³/mol. The number of aliphatic hydroxyl groups excluding tert-OH is 1. The molecule has 4 unspecified atom stereocenters. The number of nitrogens with two attached hydrogens (primary N) is 1. The Hall–Kier alpha value is -2.58. The molecule has 40 heavy (non-hydrogen) atoms. The second kappa shape index (κ2) is 11.0. The number of phenolic OH excluding ortho intramolecular Hbond substituents is 2. The van der Waals surface area contributed by atoms with E-state index in [1.54, 1.807) is 6.92 Å². The molecule has 2 aromatic rings. The fourth-order valence-electron chi connectivity index (χ4n) is 5.67. The van der Waals surface area contributed by atoms with E-state index in [1.165, 1.54) is 25.1 Å². The van der Waals surface area contributed by atoms with E-state index in [9.17, 15) is 34.8 Å². The van der Waals surface area contributed by atoms with E-state index in [1.807, 2.05) is 0 Å². The van der Waals surface area contributed by atoms with Gasteiger partial charge in [0.05, 0.1) is 35.0 Å². The maximum Gasteiger partial charge on any atom is 0.202 e. The molecule has 0 aromatic heterocycles. The number of ether oxygens (including phenoxy) is 3. The summed E-state index contributed by atoms with van der Waals surface area (Å²) in [6.45, 7) is 2.79. The van der Waals surface area contributed by atoms with Crippen LogP contribution in [0.1, 0.15) is 75.8 Å². The van der Waals surface area contributed by atoms with Crippen molar-refractivity contribution in [2.24, 2.45) is 5.73 Å². The van der Waals surface area contributed by atoms with Crippen LogP contribution in [0.4, 0.5) is 0 Å². The number of benzene rings is 2. The lowest BCUT2D eigenvalue weighted by atomic mass is 9.72. The second-order valence-corrected chi connectivity index (χ2v) is 10.6. The number of aromatic hydroxyl groups is 2. The van der Waals surface area contributed by atoms with E-state index < -0.39 is 82.6 Å². The Labute approximate surface area is 243 Å². The normalized spacial score (nSPS) is 29.1. The summed E-state index contributed by atoms with van der Waals surface area (Å²) in [5, 5.41) is 44.2. The van der Waals surface area contributed by atoms with Gasteiger partial charge in [-0.2, -0.15) is 0 Å². The number of carbonyl (C=O) groups is 3. The molecule has 1 saturated heterocycles. The Bertz CT molecular complexity index is 1390. The fourth-order valence-corrected chi connectivity index (χ4v) is 5.91. The number of rotatable bonds is 5. The molecule has 3 aliphatic rings. The van der Waals surface area contributed by atoms with Gasteiger partial charge in [0.25, 0.3) is 0 Å². The third-order valence-corrected chi connectivity index (χ3v) is 8.02. The zero-order chi connectivity index (χ0) is 28.4. The Morgan fingerprint density at radius 2 is 1.85 bits per heavy atom. The van der Waals surface area contributed by atoms with Crippen molar-refractivity contribution in [1.82, 2.24) is 0 Å². The van der Waals surface area contributed by atoms with Gasteiger partial charge < -0.3 is 40.4 Å². The molecule has 1 heterocycles. The molecule has 0 radical (unpaired) electrons. The Kier molecular flexibility index (Phi) is 8.36. The summed E-state index contributed by atoms with van der Waals surface area (Å²) < 4.78 is 17.3. The van der Waals surface area contributed by atoms with Crippen LogP contribution < -0.4 is 10.5 Å². The predicted octanol–water partition coefficient (Wildman–Crippen LogP) is 2.17. The first kappa shape index (κ1) is 30.4. The minimum absolute atomic E-state index is 0. The SMILES string of the molecule is CC(=O)[C@]1(O)Cc2c(O)c3c(c(O)c2[C@@H](OC2CC(N)C(O)C(C)O2)C1)C(=O)c1c(OCBr)cccc1C3=O.Cl. The van der Waals surface area contributed by atoms with Crippen LogP contribution in [-0.2, 0) is 20.7 Å². The maximum absolute atomic E-state index is 13.7. The summed E-state index contributed by atoms with van der Waals surface area (Å²) in [6.07, 6.45) is -4.57.